The van der Waals surface area contributed by atoms with Gasteiger partial charge in [-0.05, 0) is 18.8 Å². The molecule has 32 heavy (non-hydrogen) atoms. The average molecular weight is 451 g/mol. The highest BCUT2D eigenvalue weighted by Crippen LogP contribution is 2.25. The van der Waals surface area contributed by atoms with Crippen LogP contribution in [0.5, 0.6) is 0 Å². The summed E-state index contributed by atoms with van der Waals surface area (Å²) in [4.78, 5) is 11.4. The molecule has 0 aliphatic carbocycles. The van der Waals surface area contributed by atoms with Crippen molar-refractivity contribution < 1.29 is 9.90 Å². The molecule has 0 aliphatic rings. The normalized spacial score (nSPS) is 12.2. The lowest BCUT2D eigenvalue weighted by molar-refractivity contribution is -0.133. The van der Waals surface area contributed by atoms with Crippen molar-refractivity contribution in [3.63, 3.8) is 0 Å². The lowest BCUT2D eigenvalue weighted by atomic mass is 9.88. The summed E-state index contributed by atoms with van der Waals surface area (Å²) in [7, 11) is 0. The maximum Gasteiger partial charge on any atom is 0.331 e. The van der Waals surface area contributed by atoms with Gasteiger partial charge < -0.3 is 5.11 Å². The highest BCUT2D eigenvalue weighted by Gasteiger charge is 2.17. The van der Waals surface area contributed by atoms with Gasteiger partial charge in [0.25, 0.3) is 0 Å². The summed E-state index contributed by atoms with van der Waals surface area (Å²) in [5.41, 5.74) is 0.448. The van der Waals surface area contributed by atoms with E-state index in [0.717, 1.165) is 25.7 Å². The van der Waals surface area contributed by atoms with E-state index < -0.39 is 5.97 Å². The molecule has 0 spiro atoms. The quantitative estimate of drug-likeness (QED) is 0.105. The molecular formula is C30H58O2. The van der Waals surface area contributed by atoms with Crippen LogP contribution in [0.15, 0.2) is 12.2 Å². The summed E-state index contributed by atoms with van der Waals surface area (Å²) >= 11 is 0. The first-order valence-corrected chi connectivity index (χ1v) is 14.6. The molecule has 0 bridgehead atoms. The van der Waals surface area contributed by atoms with E-state index in [-0.39, 0.29) is 5.92 Å². The van der Waals surface area contributed by atoms with Crippen molar-refractivity contribution >= 4 is 5.97 Å². The smallest absolute Gasteiger partial charge is 0.331 e. The molecule has 0 aliphatic heterocycles. The van der Waals surface area contributed by atoms with Gasteiger partial charge in [-0.15, -0.1) is 0 Å². The summed E-state index contributed by atoms with van der Waals surface area (Å²) in [6.07, 6.45) is 31.5. The van der Waals surface area contributed by atoms with Crippen LogP contribution in [0.25, 0.3) is 0 Å². The third kappa shape index (κ3) is 21.1. The van der Waals surface area contributed by atoms with Crippen LogP contribution in [-0.4, -0.2) is 11.1 Å². The molecule has 0 amide bonds. The first kappa shape index (κ1) is 31.2. The third-order valence-electron chi connectivity index (χ3n) is 7.08. The van der Waals surface area contributed by atoms with Gasteiger partial charge in [-0.1, -0.05) is 162 Å². The van der Waals surface area contributed by atoms with Gasteiger partial charge in [0.05, 0.1) is 0 Å². The largest absolute Gasteiger partial charge is 0.478 e. The molecule has 0 saturated carbocycles. The molecular weight excluding hydrogens is 392 g/mol. The molecule has 0 saturated heterocycles. The molecule has 0 aromatic carbocycles. The zero-order valence-electron chi connectivity index (χ0n) is 22.1. The lowest BCUT2D eigenvalue weighted by Crippen LogP contribution is -2.12. The molecule has 0 heterocycles. The van der Waals surface area contributed by atoms with E-state index >= 15 is 0 Å². The maximum atomic E-state index is 11.4. The Balaban J connectivity index is 3.71. The van der Waals surface area contributed by atoms with Crippen molar-refractivity contribution in [2.75, 3.05) is 0 Å². The zero-order chi connectivity index (χ0) is 23.7. The Morgan fingerprint density at radius 2 is 0.781 bits per heavy atom. The van der Waals surface area contributed by atoms with Crippen molar-refractivity contribution in [3.05, 3.63) is 12.2 Å². The Morgan fingerprint density at radius 1 is 0.531 bits per heavy atom. The first-order chi connectivity index (χ1) is 15.6. The van der Waals surface area contributed by atoms with Crippen LogP contribution < -0.4 is 0 Å². The van der Waals surface area contributed by atoms with E-state index in [4.69, 9.17) is 0 Å². The molecule has 2 nitrogen and oxygen atoms in total. The fourth-order valence-corrected chi connectivity index (χ4v) is 4.78. The number of carboxylic acid groups (broad SMARTS) is 1. The molecule has 0 aromatic rings. The Labute approximate surface area is 202 Å². The van der Waals surface area contributed by atoms with Crippen LogP contribution >= 0.6 is 0 Å². The summed E-state index contributed by atoms with van der Waals surface area (Å²) in [6, 6.07) is 0. The molecule has 1 unspecified atom stereocenters. The Morgan fingerprint density at radius 3 is 1.03 bits per heavy atom. The van der Waals surface area contributed by atoms with E-state index in [0.29, 0.717) is 5.57 Å². The van der Waals surface area contributed by atoms with Crippen LogP contribution in [0, 0.1) is 5.92 Å². The van der Waals surface area contributed by atoms with E-state index in [9.17, 15) is 9.90 Å². The van der Waals surface area contributed by atoms with Gasteiger partial charge in [-0.2, -0.15) is 0 Å². The van der Waals surface area contributed by atoms with E-state index in [1.54, 1.807) is 0 Å². The number of hydrogen-bond acceptors (Lipinski definition) is 1. The van der Waals surface area contributed by atoms with Crippen LogP contribution in [-0.2, 0) is 4.79 Å². The number of carbonyl (C=O) groups is 1. The fraction of sp³-hybridized carbons (Fsp3) is 0.900. The van der Waals surface area contributed by atoms with Gasteiger partial charge in [0.15, 0.2) is 0 Å². The van der Waals surface area contributed by atoms with Crippen molar-refractivity contribution in [1.82, 2.24) is 0 Å². The highest BCUT2D eigenvalue weighted by molar-refractivity contribution is 5.86. The number of carboxylic acids is 1. The van der Waals surface area contributed by atoms with Crippen LogP contribution in [0.1, 0.15) is 168 Å². The summed E-state index contributed by atoms with van der Waals surface area (Å²) in [5, 5.41) is 9.41. The summed E-state index contributed by atoms with van der Waals surface area (Å²) < 4.78 is 0. The molecule has 0 fully saturated rings. The monoisotopic (exact) mass is 450 g/mol. The fourth-order valence-electron chi connectivity index (χ4n) is 4.78. The molecule has 1 N–H and O–H groups in total. The molecule has 190 valence electrons. The molecule has 0 aromatic heterocycles. The van der Waals surface area contributed by atoms with E-state index in [2.05, 4.69) is 20.4 Å². The second kappa shape index (κ2) is 24.8. The minimum atomic E-state index is -0.791. The van der Waals surface area contributed by atoms with E-state index in [1.165, 1.54) is 128 Å². The molecule has 1 atom stereocenters. The average Bonchev–Trinajstić information content (AvgIpc) is 2.79. The minimum absolute atomic E-state index is 0.185. The minimum Gasteiger partial charge on any atom is -0.478 e. The predicted molar refractivity (Wildman–Crippen MR) is 142 cm³/mol. The summed E-state index contributed by atoms with van der Waals surface area (Å²) in [6.45, 7) is 8.44. The number of hydrogen-bond donors (Lipinski definition) is 1. The Hall–Kier alpha value is -0.790. The van der Waals surface area contributed by atoms with Crippen LogP contribution in [0.3, 0.4) is 0 Å². The third-order valence-corrected chi connectivity index (χ3v) is 7.08. The molecule has 0 radical (unpaired) electrons. The maximum absolute atomic E-state index is 11.4. The van der Waals surface area contributed by atoms with Crippen molar-refractivity contribution in [2.45, 2.75) is 168 Å². The lowest BCUT2D eigenvalue weighted by Gasteiger charge is -2.17. The Kier molecular flexibility index (Phi) is 24.2. The Bertz CT molecular complexity index is 415. The molecule has 2 heteroatoms. The second-order valence-electron chi connectivity index (χ2n) is 10.2. The SMILES string of the molecule is C=C(C(=O)O)C(CCCCCCCCCCCC)CCCCCCCCCCCCCC. The van der Waals surface area contributed by atoms with Crippen molar-refractivity contribution in [3.8, 4) is 0 Å². The topological polar surface area (TPSA) is 37.3 Å². The van der Waals surface area contributed by atoms with Crippen molar-refractivity contribution in [1.29, 1.82) is 0 Å². The molecule has 0 rings (SSSR count). The van der Waals surface area contributed by atoms with Gasteiger partial charge in [0.1, 0.15) is 0 Å². The van der Waals surface area contributed by atoms with Gasteiger partial charge in [-0.25, -0.2) is 4.79 Å². The van der Waals surface area contributed by atoms with Crippen LogP contribution in [0.2, 0.25) is 0 Å². The van der Waals surface area contributed by atoms with Gasteiger partial charge in [0.2, 0.25) is 0 Å². The number of unbranched alkanes of at least 4 members (excludes halogenated alkanes) is 20. The highest BCUT2D eigenvalue weighted by atomic mass is 16.4. The standard InChI is InChI=1S/C30H58O2/c1-4-6-8-10-12-14-16-17-19-21-23-25-27-29(28(3)30(31)32)26-24-22-20-18-15-13-11-9-7-5-2/h29H,3-27H2,1-2H3,(H,31,32). The van der Waals surface area contributed by atoms with Gasteiger partial charge in [-0.3, -0.25) is 0 Å². The van der Waals surface area contributed by atoms with Gasteiger partial charge >= 0.3 is 5.97 Å². The predicted octanol–water partition coefficient (Wildman–Crippen LogP) is 10.6. The van der Waals surface area contributed by atoms with Gasteiger partial charge in [0, 0.05) is 5.57 Å². The summed E-state index contributed by atoms with van der Waals surface area (Å²) in [5.74, 6) is -0.606. The number of aliphatic carboxylic acids is 1. The zero-order valence-corrected chi connectivity index (χ0v) is 22.1. The first-order valence-electron chi connectivity index (χ1n) is 14.6. The van der Waals surface area contributed by atoms with E-state index in [1.807, 2.05) is 0 Å². The second-order valence-corrected chi connectivity index (χ2v) is 10.2. The number of rotatable bonds is 26. The van der Waals surface area contributed by atoms with Crippen molar-refractivity contribution in [2.24, 2.45) is 5.92 Å². The van der Waals surface area contributed by atoms with Crippen LogP contribution in [0.4, 0.5) is 0 Å².